The number of carbonyl (C=O) groups excluding carboxylic acids is 1. The first-order valence-electron chi connectivity index (χ1n) is 6.06. The Morgan fingerprint density at radius 3 is 2.84 bits per heavy atom. The molecule has 19 heavy (non-hydrogen) atoms. The van der Waals surface area contributed by atoms with E-state index in [0.717, 1.165) is 12.5 Å². The summed E-state index contributed by atoms with van der Waals surface area (Å²) >= 11 is 0. The van der Waals surface area contributed by atoms with Gasteiger partial charge in [0.25, 0.3) is 0 Å². The molecule has 0 aliphatic rings. The molecule has 0 saturated heterocycles. The number of alkyl halides is 1. The van der Waals surface area contributed by atoms with E-state index in [1.54, 1.807) is 12.1 Å². The molecule has 5 heteroatoms. The van der Waals surface area contributed by atoms with E-state index < -0.39 is 6.67 Å². The van der Waals surface area contributed by atoms with Crippen molar-refractivity contribution in [1.29, 1.82) is 0 Å². The Morgan fingerprint density at radius 2 is 2.16 bits per heavy atom. The van der Waals surface area contributed by atoms with Crippen molar-refractivity contribution in [1.82, 2.24) is 0 Å². The lowest BCUT2D eigenvalue weighted by Gasteiger charge is -2.05. The zero-order valence-electron chi connectivity index (χ0n) is 10.5. The molecular formula is C14H14FNO3. The normalized spacial score (nSPS) is 10.6. The van der Waals surface area contributed by atoms with Gasteiger partial charge in [-0.15, -0.1) is 0 Å². The minimum Gasteiger partial charge on any atom is -0.458 e. The third-order valence-corrected chi connectivity index (χ3v) is 2.67. The van der Waals surface area contributed by atoms with Crippen LogP contribution in [0.15, 0.2) is 33.5 Å². The summed E-state index contributed by atoms with van der Waals surface area (Å²) in [6.07, 6.45) is 1.18. The average Bonchev–Trinajstić information content (AvgIpc) is 2.39. The molecule has 2 rings (SSSR count). The Balaban J connectivity index is 2.38. The van der Waals surface area contributed by atoms with Gasteiger partial charge in [-0.3, -0.25) is 9.59 Å². The number of anilines is 1. The molecule has 0 fully saturated rings. The maximum absolute atomic E-state index is 12.5. The highest BCUT2D eigenvalue weighted by Gasteiger charge is 2.07. The highest BCUT2D eigenvalue weighted by atomic mass is 19.1. The van der Waals surface area contributed by atoms with Gasteiger partial charge in [0, 0.05) is 18.2 Å². The maximum atomic E-state index is 12.5. The molecular weight excluding hydrogens is 249 g/mol. The molecule has 0 unspecified atom stereocenters. The number of amides is 1. The molecule has 1 aromatic heterocycles. The SMILES string of the molecule is CCCC(=O)Nc1ccc2oc(CF)cc(=O)c2c1. The van der Waals surface area contributed by atoms with Crippen molar-refractivity contribution in [3.05, 3.63) is 40.2 Å². The number of carbonyl (C=O) groups is 1. The Kier molecular flexibility index (Phi) is 3.94. The van der Waals surface area contributed by atoms with Gasteiger partial charge >= 0.3 is 0 Å². The number of hydrogen-bond acceptors (Lipinski definition) is 3. The highest BCUT2D eigenvalue weighted by Crippen LogP contribution is 2.18. The number of halogens is 1. The summed E-state index contributed by atoms with van der Waals surface area (Å²) in [5.74, 6) is -0.105. The van der Waals surface area contributed by atoms with Crippen LogP contribution in [-0.2, 0) is 11.5 Å². The third kappa shape index (κ3) is 2.99. The van der Waals surface area contributed by atoms with E-state index >= 15 is 0 Å². The van der Waals surface area contributed by atoms with Crippen molar-refractivity contribution in [2.45, 2.75) is 26.4 Å². The summed E-state index contributed by atoms with van der Waals surface area (Å²) in [6.45, 7) is 1.09. The molecule has 0 atom stereocenters. The van der Waals surface area contributed by atoms with Crippen molar-refractivity contribution < 1.29 is 13.6 Å². The number of rotatable bonds is 4. The number of nitrogens with one attached hydrogen (secondary N) is 1. The minimum absolute atomic E-state index is 0.000249. The van der Waals surface area contributed by atoms with E-state index in [9.17, 15) is 14.0 Å². The monoisotopic (exact) mass is 263 g/mol. The molecule has 4 nitrogen and oxygen atoms in total. The van der Waals surface area contributed by atoms with E-state index in [1.807, 2.05) is 6.92 Å². The minimum atomic E-state index is -0.819. The molecule has 0 aliphatic carbocycles. The number of benzene rings is 1. The van der Waals surface area contributed by atoms with Crippen molar-refractivity contribution in [3.63, 3.8) is 0 Å². The molecule has 2 aromatic rings. The van der Waals surface area contributed by atoms with Gasteiger partial charge in [-0.25, -0.2) is 4.39 Å². The van der Waals surface area contributed by atoms with Crippen molar-refractivity contribution in [2.24, 2.45) is 0 Å². The fourth-order valence-corrected chi connectivity index (χ4v) is 1.80. The van der Waals surface area contributed by atoms with Crippen molar-refractivity contribution in [3.8, 4) is 0 Å². The Morgan fingerprint density at radius 1 is 1.37 bits per heavy atom. The van der Waals surface area contributed by atoms with Crippen LogP contribution in [0.1, 0.15) is 25.5 Å². The second kappa shape index (κ2) is 5.65. The molecule has 1 N–H and O–H groups in total. The van der Waals surface area contributed by atoms with E-state index in [2.05, 4.69) is 5.32 Å². The van der Waals surface area contributed by atoms with Crippen LogP contribution in [0.25, 0.3) is 11.0 Å². The second-order valence-electron chi connectivity index (χ2n) is 4.22. The molecule has 1 heterocycles. The van der Waals surface area contributed by atoms with Crippen LogP contribution in [0.4, 0.5) is 10.1 Å². The lowest BCUT2D eigenvalue weighted by Crippen LogP contribution is -2.11. The highest BCUT2D eigenvalue weighted by molar-refractivity contribution is 5.93. The van der Waals surface area contributed by atoms with Crippen molar-refractivity contribution in [2.75, 3.05) is 5.32 Å². The zero-order valence-corrected chi connectivity index (χ0v) is 10.5. The van der Waals surface area contributed by atoms with Crippen LogP contribution in [0.2, 0.25) is 0 Å². The predicted octanol–water partition coefficient (Wildman–Crippen LogP) is 3.00. The van der Waals surface area contributed by atoms with Gasteiger partial charge in [0.05, 0.1) is 5.39 Å². The van der Waals surface area contributed by atoms with Crippen LogP contribution in [0, 0.1) is 0 Å². The first-order valence-corrected chi connectivity index (χ1v) is 6.06. The Bertz CT molecular complexity index is 663. The quantitative estimate of drug-likeness (QED) is 0.922. The molecule has 0 saturated carbocycles. The van der Waals surface area contributed by atoms with Gasteiger partial charge in [-0.05, 0) is 24.6 Å². The average molecular weight is 263 g/mol. The second-order valence-corrected chi connectivity index (χ2v) is 4.22. The molecule has 1 amide bonds. The molecule has 1 aromatic carbocycles. The van der Waals surface area contributed by atoms with Crippen LogP contribution in [-0.4, -0.2) is 5.91 Å². The number of hydrogen-bond donors (Lipinski definition) is 1. The molecule has 0 radical (unpaired) electrons. The first kappa shape index (κ1) is 13.3. The fourth-order valence-electron chi connectivity index (χ4n) is 1.80. The van der Waals surface area contributed by atoms with Crippen LogP contribution < -0.4 is 10.7 Å². The summed E-state index contributed by atoms with van der Waals surface area (Å²) in [7, 11) is 0. The van der Waals surface area contributed by atoms with Crippen LogP contribution in [0.5, 0.6) is 0 Å². The molecule has 0 aliphatic heterocycles. The van der Waals surface area contributed by atoms with Gasteiger partial charge in [0.1, 0.15) is 18.0 Å². The topological polar surface area (TPSA) is 59.3 Å². The van der Waals surface area contributed by atoms with Crippen LogP contribution in [0.3, 0.4) is 0 Å². The van der Waals surface area contributed by atoms with Crippen molar-refractivity contribution >= 4 is 22.6 Å². The third-order valence-electron chi connectivity index (χ3n) is 2.67. The Labute approximate surface area is 109 Å². The standard InChI is InChI=1S/C14H14FNO3/c1-2-3-14(18)16-9-4-5-13-11(6-9)12(17)7-10(8-15)19-13/h4-7H,2-3,8H2,1H3,(H,16,18). The van der Waals surface area contributed by atoms with Gasteiger partial charge in [-0.2, -0.15) is 0 Å². The lowest BCUT2D eigenvalue weighted by atomic mass is 10.2. The van der Waals surface area contributed by atoms with E-state index in [1.165, 1.54) is 6.07 Å². The zero-order chi connectivity index (χ0) is 13.8. The summed E-state index contributed by atoms with van der Waals surface area (Å²) in [5, 5.41) is 3.02. The summed E-state index contributed by atoms with van der Waals surface area (Å²) in [5.41, 5.74) is 0.528. The van der Waals surface area contributed by atoms with Gasteiger partial charge in [0.15, 0.2) is 5.43 Å². The van der Waals surface area contributed by atoms with E-state index in [4.69, 9.17) is 4.42 Å². The predicted molar refractivity (Wildman–Crippen MR) is 70.8 cm³/mol. The summed E-state index contributed by atoms with van der Waals surface area (Å²) < 4.78 is 17.7. The summed E-state index contributed by atoms with van der Waals surface area (Å²) in [6, 6.07) is 5.84. The smallest absolute Gasteiger partial charge is 0.224 e. The number of fused-ring (bicyclic) bond motifs is 1. The lowest BCUT2D eigenvalue weighted by molar-refractivity contribution is -0.116. The fraction of sp³-hybridized carbons (Fsp3) is 0.286. The molecule has 100 valence electrons. The van der Waals surface area contributed by atoms with Crippen LogP contribution >= 0.6 is 0 Å². The van der Waals surface area contributed by atoms with Gasteiger partial charge in [-0.1, -0.05) is 6.92 Å². The molecule has 0 bridgehead atoms. The van der Waals surface area contributed by atoms with Gasteiger partial charge < -0.3 is 9.73 Å². The largest absolute Gasteiger partial charge is 0.458 e. The first-order chi connectivity index (χ1) is 9.13. The van der Waals surface area contributed by atoms with Gasteiger partial charge in [0.2, 0.25) is 5.91 Å². The Hall–Kier alpha value is -2.17. The maximum Gasteiger partial charge on any atom is 0.224 e. The van der Waals surface area contributed by atoms with E-state index in [0.29, 0.717) is 23.1 Å². The van der Waals surface area contributed by atoms with E-state index in [-0.39, 0.29) is 17.1 Å². The molecule has 0 spiro atoms. The summed E-state index contributed by atoms with van der Waals surface area (Å²) in [4.78, 5) is 23.3.